The first-order valence-corrected chi connectivity index (χ1v) is 8.32. The second-order valence-corrected chi connectivity index (χ2v) is 6.58. The summed E-state index contributed by atoms with van der Waals surface area (Å²) in [5.41, 5.74) is 0.742. The van der Waals surface area contributed by atoms with E-state index in [0.717, 1.165) is 42.2 Å². The minimum absolute atomic E-state index is 0.0382. The van der Waals surface area contributed by atoms with Gasteiger partial charge in [0.05, 0.1) is 5.39 Å². The minimum atomic E-state index is 0.0382. The van der Waals surface area contributed by atoms with Crippen molar-refractivity contribution in [3.63, 3.8) is 0 Å². The van der Waals surface area contributed by atoms with Crippen molar-refractivity contribution in [3.05, 3.63) is 58.4 Å². The molecule has 1 N–H and O–H groups in total. The summed E-state index contributed by atoms with van der Waals surface area (Å²) < 4.78 is 6.20. The maximum absolute atomic E-state index is 12.5. The molecule has 118 valence electrons. The summed E-state index contributed by atoms with van der Waals surface area (Å²) in [4.78, 5) is 12.5. The van der Waals surface area contributed by atoms with Gasteiger partial charge >= 0.3 is 0 Å². The van der Waals surface area contributed by atoms with Gasteiger partial charge in [0.15, 0.2) is 5.43 Å². The molecule has 2 aromatic carbocycles. The first-order valence-electron chi connectivity index (χ1n) is 8.32. The van der Waals surface area contributed by atoms with Crippen LogP contribution in [0.3, 0.4) is 0 Å². The molecule has 3 aromatic rings. The number of benzene rings is 2. The van der Waals surface area contributed by atoms with Gasteiger partial charge in [-0.05, 0) is 43.1 Å². The standard InChI is InChI=1S/C20H20O3/c21-12-13-5-7-15(8-6-13)19-11-18(22)17-10-9-14-3-1-2-4-16(14)20(17)23-19/h1-4,9-11,13,15,21H,5-8,12H2. The maximum atomic E-state index is 12.5. The summed E-state index contributed by atoms with van der Waals surface area (Å²) in [6.07, 6.45) is 3.95. The number of rotatable bonds is 2. The number of hydrogen-bond donors (Lipinski definition) is 1. The lowest BCUT2D eigenvalue weighted by Gasteiger charge is -2.26. The molecule has 1 aliphatic rings. The molecule has 1 aliphatic carbocycles. The van der Waals surface area contributed by atoms with Gasteiger partial charge in [-0.25, -0.2) is 0 Å². The smallest absolute Gasteiger partial charge is 0.192 e. The lowest BCUT2D eigenvalue weighted by molar-refractivity contribution is 0.178. The second kappa shape index (κ2) is 5.82. The van der Waals surface area contributed by atoms with Crippen LogP contribution in [0.15, 0.2) is 51.7 Å². The highest BCUT2D eigenvalue weighted by molar-refractivity contribution is 6.03. The Balaban J connectivity index is 1.83. The van der Waals surface area contributed by atoms with Crippen LogP contribution >= 0.6 is 0 Å². The van der Waals surface area contributed by atoms with E-state index in [1.54, 1.807) is 6.07 Å². The topological polar surface area (TPSA) is 50.4 Å². The summed E-state index contributed by atoms with van der Waals surface area (Å²) in [5.74, 6) is 1.49. The van der Waals surface area contributed by atoms with Crippen molar-refractivity contribution >= 4 is 21.7 Å². The van der Waals surface area contributed by atoms with Gasteiger partial charge in [0.2, 0.25) is 0 Å². The molecule has 1 saturated carbocycles. The molecular formula is C20H20O3. The molecule has 1 aromatic heterocycles. The first-order chi connectivity index (χ1) is 11.3. The fraction of sp³-hybridized carbons (Fsp3) is 0.350. The van der Waals surface area contributed by atoms with E-state index in [1.807, 2.05) is 36.4 Å². The Morgan fingerprint density at radius 1 is 1.00 bits per heavy atom. The molecule has 0 spiro atoms. The zero-order valence-corrected chi connectivity index (χ0v) is 13.0. The van der Waals surface area contributed by atoms with E-state index in [0.29, 0.717) is 16.9 Å². The number of hydrogen-bond acceptors (Lipinski definition) is 3. The fourth-order valence-corrected chi connectivity index (χ4v) is 3.73. The van der Waals surface area contributed by atoms with Crippen molar-refractivity contribution in [3.8, 4) is 0 Å². The molecule has 0 aliphatic heterocycles. The van der Waals surface area contributed by atoms with E-state index in [9.17, 15) is 9.90 Å². The average Bonchev–Trinajstić information content (AvgIpc) is 2.61. The van der Waals surface area contributed by atoms with Crippen LogP contribution in [0.1, 0.15) is 37.4 Å². The number of aliphatic hydroxyl groups excluding tert-OH is 1. The van der Waals surface area contributed by atoms with Gasteiger partial charge in [-0.3, -0.25) is 4.79 Å². The molecule has 0 amide bonds. The van der Waals surface area contributed by atoms with Gasteiger partial charge in [0.1, 0.15) is 11.3 Å². The predicted molar refractivity (Wildman–Crippen MR) is 91.8 cm³/mol. The third-order valence-corrected chi connectivity index (χ3v) is 5.15. The summed E-state index contributed by atoms with van der Waals surface area (Å²) in [6, 6.07) is 13.5. The van der Waals surface area contributed by atoms with Crippen molar-refractivity contribution in [2.75, 3.05) is 6.61 Å². The van der Waals surface area contributed by atoms with E-state index in [1.165, 1.54) is 0 Å². The van der Waals surface area contributed by atoms with E-state index in [4.69, 9.17) is 4.42 Å². The molecular weight excluding hydrogens is 288 g/mol. The third kappa shape index (κ3) is 2.55. The van der Waals surface area contributed by atoms with Gasteiger partial charge in [-0.15, -0.1) is 0 Å². The molecule has 0 radical (unpaired) electrons. The van der Waals surface area contributed by atoms with Crippen LogP contribution in [-0.2, 0) is 0 Å². The molecule has 4 rings (SSSR count). The van der Waals surface area contributed by atoms with Crippen LogP contribution in [0, 0.1) is 5.92 Å². The van der Waals surface area contributed by atoms with Gasteiger partial charge in [-0.2, -0.15) is 0 Å². The summed E-state index contributed by atoms with van der Waals surface area (Å²) >= 11 is 0. The molecule has 0 atom stereocenters. The Morgan fingerprint density at radius 3 is 2.57 bits per heavy atom. The Kier molecular flexibility index (Phi) is 3.66. The van der Waals surface area contributed by atoms with E-state index in [2.05, 4.69) is 0 Å². The molecule has 0 bridgehead atoms. The first kappa shape index (κ1) is 14.5. The molecule has 1 fully saturated rings. The Morgan fingerprint density at radius 2 is 1.78 bits per heavy atom. The van der Waals surface area contributed by atoms with Gasteiger partial charge in [0, 0.05) is 24.0 Å². The van der Waals surface area contributed by atoms with Crippen molar-refractivity contribution < 1.29 is 9.52 Å². The van der Waals surface area contributed by atoms with E-state index >= 15 is 0 Å². The van der Waals surface area contributed by atoms with Crippen LogP contribution in [0.2, 0.25) is 0 Å². The van der Waals surface area contributed by atoms with Crippen LogP contribution in [0.5, 0.6) is 0 Å². The van der Waals surface area contributed by atoms with Gasteiger partial charge in [0.25, 0.3) is 0 Å². The van der Waals surface area contributed by atoms with Crippen LogP contribution < -0.4 is 5.43 Å². The summed E-state index contributed by atoms with van der Waals surface area (Å²) in [7, 11) is 0. The zero-order chi connectivity index (χ0) is 15.8. The van der Waals surface area contributed by atoms with E-state index in [-0.39, 0.29) is 18.0 Å². The Hall–Kier alpha value is -2.13. The molecule has 23 heavy (non-hydrogen) atoms. The maximum Gasteiger partial charge on any atom is 0.192 e. The molecule has 1 heterocycles. The van der Waals surface area contributed by atoms with Crippen molar-refractivity contribution in [2.45, 2.75) is 31.6 Å². The Labute approximate surface area is 134 Å². The second-order valence-electron chi connectivity index (χ2n) is 6.58. The highest BCUT2D eigenvalue weighted by Gasteiger charge is 2.24. The molecule has 0 unspecified atom stereocenters. The molecule has 3 nitrogen and oxygen atoms in total. The van der Waals surface area contributed by atoms with Crippen molar-refractivity contribution in [2.24, 2.45) is 5.92 Å². The zero-order valence-electron chi connectivity index (χ0n) is 13.0. The highest BCUT2D eigenvalue weighted by Crippen LogP contribution is 2.36. The molecule has 3 heteroatoms. The third-order valence-electron chi connectivity index (χ3n) is 5.15. The van der Waals surface area contributed by atoms with E-state index < -0.39 is 0 Å². The minimum Gasteiger partial charge on any atom is -0.460 e. The highest BCUT2D eigenvalue weighted by atomic mass is 16.3. The number of aliphatic hydroxyl groups is 1. The monoisotopic (exact) mass is 308 g/mol. The lowest BCUT2D eigenvalue weighted by Crippen LogP contribution is -2.17. The fourth-order valence-electron chi connectivity index (χ4n) is 3.73. The van der Waals surface area contributed by atoms with Crippen LogP contribution in [0.25, 0.3) is 21.7 Å². The van der Waals surface area contributed by atoms with Gasteiger partial charge in [-0.1, -0.05) is 30.3 Å². The average molecular weight is 308 g/mol. The summed E-state index contributed by atoms with van der Waals surface area (Å²) in [5, 5.41) is 12.0. The van der Waals surface area contributed by atoms with Crippen LogP contribution in [0.4, 0.5) is 0 Å². The largest absolute Gasteiger partial charge is 0.460 e. The van der Waals surface area contributed by atoms with Gasteiger partial charge < -0.3 is 9.52 Å². The lowest BCUT2D eigenvalue weighted by atomic mass is 9.81. The van der Waals surface area contributed by atoms with Crippen molar-refractivity contribution in [1.82, 2.24) is 0 Å². The SMILES string of the molecule is O=c1cc(C2CCC(CO)CC2)oc2c1ccc1ccccc12. The van der Waals surface area contributed by atoms with Crippen LogP contribution in [-0.4, -0.2) is 11.7 Å². The summed E-state index contributed by atoms with van der Waals surface area (Å²) in [6.45, 7) is 0.263. The van der Waals surface area contributed by atoms with Crippen molar-refractivity contribution in [1.29, 1.82) is 0 Å². The normalized spacial score (nSPS) is 21.8. The molecule has 0 saturated heterocycles. The number of fused-ring (bicyclic) bond motifs is 3. The Bertz CT molecular complexity index is 902. The quantitative estimate of drug-likeness (QED) is 0.721. The predicted octanol–water partition coefficient (Wildman–Crippen LogP) is 4.21.